The van der Waals surface area contributed by atoms with Gasteiger partial charge in [0.1, 0.15) is 0 Å². The monoisotopic (exact) mass is 997 g/mol. The topological polar surface area (TPSA) is 0 Å². The number of aryl methyl sites for hydroxylation is 1. The van der Waals surface area contributed by atoms with Crippen molar-refractivity contribution in [2.45, 2.75) is 141 Å². The van der Waals surface area contributed by atoms with E-state index in [1.807, 2.05) is 152 Å². The maximum Gasteiger partial charge on any atom is -0.0178 e. The van der Waals surface area contributed by atoms with Crippen molar-refractivity contribution in [3.8, 4) is 55.6 Å². The van der Waals surface area contributed by atoms with E-state index < -0.39 is 0 Å². The molecule has 0 heterocycles. The second kappa shape index (κ2) is 58.5. The average molecular weight is 998 g/mol. The van der Waals surface area contributed by atoms with E-state index in [0.29, 0.717) is 0 Å². The molecule has 9 aromatic rings. The van der Waals surface area contributed by atoms with Crippen LogP contribution in [0.2, 0.25) is 0 Å². The molecule has 0 saturated heterocycles. The fraction of sp³-hybridized carbons (Fsp3) is 0.270. The summed E-state index contributed by atoms with van der Waals surface area (Å²) in [5, 5.41) is 0. The SMILES string of the molecule is C.C.C.C.C.CC.CC.CC.CC.CC.CC.CC.Cc1ccccc1.c1ccc(-c2ccc(-c3ccccc3)cc2)cc1.c1ccc(-c2cccc(-c3ccccc3)c2)cc1.c1ccc(-c2ccccc2)cc1. The normalized spacial score (nSPS) is 7.93. The van der Waals surface area contributed by atoms with Gasteiger partial charge in [0.25, 0.3) is 0 Å². The first-order chi connectivity index (χ1) is 34.2. The second-order valence-corrected chi connectivity index (χ2v) is 13.0. The zero-order chi connectivity index (χ0) is 51.8. The molecule has 0 unspecified atom stereocenters. The van der Waals surface area contributed by atoms with Gasteiger partial charge in [-0.3, -0.25) is 0 Å². The number of hydrogen-bond acceptors (Lipinski definition) is 0. The molecule has 0 aromatic heterocycles. The quantitative estimate of drug-likeness (QED) is 0.161. The Morgan fingerprint density at radius 2 is 0.284 bits per heavy atom. The summed E-state index contributed by atoms with van der Waals surface area (Å²) in [6, 6.07) is 90.3. The van der Waals surface area contributed by atoms with Crippen molar-refractivity contribution in [3.63, 3.8) is 0 Å². The van der Waals surface area contributed by atoms with Crippen molar-refractivity contribution in [1.82, 2.24) is 0 Å². The Labute approximate surface area is 460 Å². The molecule has 0 spiro atoms. The third-order valence-corrected chi connectivity index (χ3v) is 9.00. The molecule has 0 heteroatoms. The van der Waals surface area contributed by atoms with Crippen molar-refractivity contribution in [2.75, 3.05) is 0 Å². The van der Waals surface area contributed by atoms with Crippen molar-refractivity contribution >= 4 is 0 Å². The summed E-state index contributed by atoms with van der Waals surface area (Å²) in [5.74, 6) is 0. The number of benzene rings is 9. The van der Waals surface area contributed by atoms with Crippen molar-refractivity contribution < 1.29 is 0 Å². The molecule has 74 heavy (non-hydrogen) atoms. The molecular formula is C74H108. The van der Waals surface area contributed by atoms with Crippen molar-refractivity contribution in [1.29, 1.82) is 0 Å². The number of rotatable bonds is 5. The fourth-order valence-corrected chi connectivity index (χ4v) is 6.05. The predicted molar refractivity (Wildman–Crippen MR) is 351 cm³/mol. The molecule has 0 bridgehead atoms. The van der Waals surface area contributed by atoms with Gasteiger partial charge in [-0.1, -0.05) is 394 Å². The Hall–Kier alpha value is -7.02. The Kier molecular flexibility index (Phi) is 64.1. The summed E-state index contributed by atoms with van der Waals surface area (Å²) in [5.41, 5.74) is 14.0. The van der Waals surface area contributed by atoms with Crippen LogP contribution >= 0.6 is 0 Å². The lowest BCUT2D eigenvalue weighted by atomic mass is 9.99. The van der Waals surface area contributed by atoms with Crippen LogP contribution in [0.5, 0.6) is 0 Å². The Balaban J connectivity index is -0.000000151. The van der Waals surface area contributed by atoms with Gasteiger partial charge in [-0.15, -0.1) is 0 Å². The minimum Gasteiger partial charge on any atom is -0.0776 e. The summed E-state index contributed by atoms with van der Waals surface area (Å²) < 4.78 is 0. The molecule has 404 valence electrons. The molecule has 0 fully saturated rings. The molecule has 0 N–H and O–H groups in total. The van der Waals surface area contributed by atoms with Gasteiger partial charge in [-0.25, -0.2) is 0 Å². The summed E-state index contributed by atoms with van der Waals surface area (Å²) in [7, 11) is 0. The predicted octanol–water partition coefficient (Wildman–Crippen LogP) is 25.8. The highest BCUT2D eigenvalue weighted by atomic mass is 14.1. The van der Waals surface area contributed by atoms with Gasteiger partial charge in [0.2, 0.25) is 0 Å². The molecule has 0 aliphatic rings. The Morgan fingerprint density at radius 3 is 0.446 bits per heavy atom. The molecule has 0 amide bonds. The summed E-state index contributed by atoms with van der Waals surface area (Å²) in [6.07, 6.45) is 0. The van der Waals surface area contributed by atoms with Crippen LogP contribution in [0.3, 0.4) is 0 Å². The second-order valence-electron chi connectivity index (χ2n) is 13.0. The van der Waals surface area contributed by atoms with Crippen LogP contribution in [0.25, 0.3) is 55.6 Å². The highest BCUT2D eigenvalue weighted by molar-refractivity contribution is 5.73. The zero-order valence-electron chi connectivity index (χ0n) is 45.3. The van der Waals surface area contributed by atoms with E-state index in [1.54, 1.807) is 0 Å². The van der Waals surface area contributed by atoms with E-state index in [2.05, 4.69) is 213 Å². The molecule has 0 radical (unpaired) electrons. The average Bonchev–Trinajstić information content (AvgIpc) is 3.49. The maximum atomic E-state index is 2.24. The van der Waals surface area contributed by atoms with Gasteiger partial charge >= 0.3 is 0 Å². The maximum absolute atomic E-state index is 2.24. The summed E-state index contributed by atoms with van der Waals surface area (Å²) in [6.45, 7) is 30.1. The van der Waals surface area contributed by atoms with E-state index >= 15 is 0 Å². The molecular weight excluding hydrogens is 889 g/mol. The number of hydrogen-bond donors (Lipinski definition) is 0. The van der Waals surface area contributed by atoms with Gasteiger partial charge < -0.3 is 0 Å². The van der Waals surface area contributed by atoms with Crippen molar-refractivity contribution in [2.24, 2.45) is 0 Å². The van der Waals surface area contributed by atoms with Crippen LogP contribution in [0, 0.1) is 6.92 Å². The molecule has 9 aromatic carbocycles. The van der Waals surface area contributed by atoms with Gasteiger partial charge in [0.05, 0.1) is 0 Å². The first-order valence-corrected chi connectivity index (χ1v) is 25.8. The van der Waals surface area contributed by atoms with Crippen LogP contribution in [0.15, 0.2) is 261 Å². The molecule has 0 aliphatic heterocycles. The molecule has 0 aliphatic carbocycles. The first kappa shape index (κ1) is 81.1. The Morgan fingerprint density at radius 1 is 0.149 bits per heavy atom. The van der Waals surface area contributed by atoms with Crippen LogP contribution in [0.1, 0.15) is 140 Å². The lowest BCUT2D eigenvalue weighted by Crippen LogP contribution is -1.80. The Bertz CT molecular complexity index is 2200. The van der Waals surface area contributed by atoms with E-state index in [1.165, 1.54) is 61.2 Å². The lowest BCUT2D eigenvalue weighted by molar-refractivity contribution is 1.48. The van der Waals surface area contributed by atoms with E-state index in [-0.39, 0.29) is 37.1 Å². The fourth-order valence-electron chi connectivity index (χ4n) is 6.05. The highest BCUT2D eigenvalue weighted by Crippen LogP contribution is 2.27. The largest absolute Gasteiger partial charge is 0.0776 e. The van der Waals surface area contributed by atoms with Crippen LogP contribution in [-0.2, 0) is 0 Å². The van der Waals surface area contributed by atoms with Gasteiger partial charge in [0.15, 0.2) is 0 Å². The zero-order valence-corrected chi connectivity index (χ0v) is 45.3. The van der Waals surface area contributed by atoms with Gasteiger partial charge in [-0.05, 0) is 68.6 Å². The molecule has 0 atom stereocenters. The smallest absolute Gasteiger partial charge is 0.0178 e. The minimum atomic E-state index is 0. The molecule has 9 rings (SSSR count). The van der Waals surface area contributed by atoms with Crippen LogP contribution < -0.4 is 0 Å². The third kappa shape index (κ3) is 33.6. The highest BCUT2D eigenvalue weighted by Gasteiger charge is 2.01. The summed E-state index contributed by atoms with van der Waals surface area (Å²) in [4.78, 5) is 0. The van der Waals surface area contributed by atoms with Gasteiger partial charge in [-0.2, -0.15) is 0 Å². The molecule has 0 saturated carbocycles. The van der Waals surface area contributed by atoms with Crippen LogP contribution in [-0.4, -0.2) is 0 Å². The van der Waals surface area contributed by atoms with Crippen molar-refractivity contribution in [3.05, 3.63) is 266 Å². The standard InChI is InChI=1S/2C18H14.C12H10.C7H8.7C2H6.5CH4/c1-3-8-15(9-4-1)17-12-7-13-18(14-17)16-10-5-2-6-11-16;1-3-7-15(8-4-1)17-11-13-18(14-12-17)16-9-5-2-6-10-16;1-3-7-11(8-4-1)12-9-5-2-6-10-12;1-7-5-3-2-4-6-7;7*1-2;;;;;/h2*1-14H;1-10H;2-6H,1H3;7*1-2H3;5*1H4. The summed E-state index contributed by atoms with van der Waals surface area (Å²) >= 11 is 0. The third-order valence-electron chi connectivity index (χ3n) is 9.00. The first-order valence-electron chi connectivity index (χ1n) is 25.8. The van der Waals surface area contributed by atoms with E-state index in [4.69, 9.17) is 0 Å². The van der Waals surface area contributed by atoms with Gasteiger partial charge in [0, 0.05) is 0 Å². The minimum absolute atomic E-state index is 0. The van der Waals surface area contributed by atoms with E-state index in [9.17, 15) is 0 Å². The lowest BCUT2D eigenvalue weighted by Gasteiger charge is -2.05. The van der Waals surface area contributed by atoms with Crippen LogP contribution in [0.4, 0.5) is 0 Å². The molecule has 0 nitrogen and oxygen atoms in total. The van der Waals surface area contributed by atoms with E-state index in [0.717, 1.165) is 0 Å².